The first-order valence-corrected chi connectivity index (χ1v) is 11.9. The summed E-state index contributed by atoms with van der Waals surface area (Å²) in [5.41, 5.74) is 2.16. The molecule has 8 nitrogen and oxygen atoms in total. The maximum Gasteiger partial charge on any atom is 0.248 e. The largest absolute Gasteiger partial charge is 0.360 e. The van der Waals surface area contributed by atoms with E-state index in [0.29, 0.717) is 23.7 Å². The number of hydrogen-bond acceptors (Lipinski definition) is 7. The van der Waals surface area contributed by atoms with E-state index in [2.05, 4.69) is 15.5 Å². The van der Waals surface area contributed by atoms with Crippen LogP contribution in [0.3, 0.4) is 0 Å². The van der Waals surface area contributed by atoms with Crippen LogP contribution >= 0.6 is 11.3 Å². The van der Waals surface area contributed by atoms with Crippen molar-refractivity contribution in [3.8, 4) is 11.3 Å². The van der Waals surface area contributed by atoms with E-state index in [0.717, 1.165) is 11.3 Å². The lowest BCUT2D eigenvalue weighted by molar-refractivity contribution is -0.120. The van der Waals surface area contributed by atoms with Crippen LogP contribution in [0.25, 0.3) is 11.3 Å². The van der Waals surface area contributed by atoms with Gasteiger partial charge in [-0.1, -0.05) is 35.5 Å². The minimum atomic E-state index is -3.68. The van der Waals surface area contributed by atoms with Crippen molar-refractivity contribution in [3.63, 3.8) is 0 Å². The number of thiazole rings is 1. The molecule has 0 saturated carbocycles. The second-order valence-electron chi connectivity index (χ2n) is 7.22. The highest BCUT2D eigenvalue weighted by Gasteiger charge is 2.35. The molecule has 1 N–H and O–H groups in total. The van der Waals surface area contributed by atoms with Gasteiger partial charge < -0.3 is 9.84 Å². The molecule has 158 valence electrons. The van der Waals surface area contributed by atoms with Crippen molar-refractivity contribution in [3.05, 3.63) is 47.2 Å². The van der Waals surface area contributed by atoms with Gasteiger partial charge in [-0.25, -0.2) is 13.4 Å². The van der Waals surface area contributed by atoms with E-state index >= 15 is 0 Å². The third-order valence-corrected chi connectivity index (χ3v) is 8.10. The summed E-state index contributed by atoms with van der Waals surface area (Å²) in [7, 11) is -3.68. The zero-order valence-corrected chi connectivity index (χ0v) is 18.3. The number of rotatable bonds is 5. The molecule has 3 aromatic rings. The summed E-state index contributed by atoms with van der Waals surface area (Å²) < 4.78 is 32.2. The van der Waals surface area contributed by atoms with Crippen molar-refractivity contribution in [1.82, 2.24) is 14.4 Å². The number of aryl methyl sites for hydroxylation is 2. The number of hydrogen-bond donors (Lipinski definition) is 1. The molecule has 1 aromatic carbocycles. The molecular weight excluding hydrogens is 424 g/mol. The van der Waals surface area contributed by atoms with Gasteiger partial charge in [0.2, 0.25) is 15.9 Å². The Hall–Kier alpha value is -2.56. The first-order chi connectivity index (χ1) is 14.4. The maximum absolute atomic E-state index is 12.9. The van der Waals surface area contributed by atoms with E-state index in [1.807, 2.05) is 35.7 Å². The fraction of sp³-hybridized carbons (Fsp3) is 0.350. The van der Waals surface area contributed by atoms with Crippen LogP contribution in [0, 0.1) is 19.8 Å². The monoisotopic (exact) mass is 446 g/mol. The van der Waals surface area contributed by atoms with Gasteiger partial charge in [0.15, 0.2) is 10.9 Å². The number of anilines is 1. The molecule has 10 heteroatoms. The van der Waals surface area contributed by atoms with Crippen molar-refractivity contribution in [2.45, 2.75) is 31.6 Å². The summed E-state index contributed by atoms with van der Waals surface area (Å²) in [6.07, 6.45) is 0.900. The summed E-state index contributed by atoms with van der Waals surface area (Å²) >= 11 is 1.38. The highest BCUT2D eigenvalue weighted by atomic mass is 32.2. The molecule has 0 aliphatic carbocycles. The molecule has 1 aliphatic rings. The third kappa shape index (κ3) is 4.03. The first kappa shape index (κ1) is 20.7. The standard InChI is InChI=1S/C20H22N4O4S2/c1-13-18(14(2)28-23-13)30(26,27)24-10-8-16(9-11-24)19(25)22-20-21-17(12-29-20)15-6-4-3-5-7-15/h3-7,12,16H,8-11H2,1-2H3,(H,21,22,25). The van der Waals surface area contributed by atoms with Crippen LogP contribution in [0.5, 0.6) is 0 Å². The molecule has 1 amide bonds. The number of nitrogens with zero attached hydrogens (tertiary/aromatic N) is 3. The van der Waals surface area contributed by atoms with Gasteiger partial charge in [0.1, 0.15) is 10.6 Å². The molecule has 2 aromatic heterocycles. The number of carbonyl (C=O) groups excluding carboxylic acids is 1. The molecule has 3 heterocycles. The Morgan fingerprint density at radius 1 is 1.20 bits per heavy atom. The fourth-order valence-electron chi connectivity index (χ4n) is 3.61. The minimum absolute atomic E-state index is 0.127. The van der Waals surface area contributed by atoms with Crippen LogP contribution in [-0.2, 0) is 14.8 Å². The van der Waals surface area contributed by atoms with E-state index in [4.69, 9.17) is 4.52 Å². The summed E-state index contributed by atoms with van der Waals surface area (Å²) in [5.74, 6) is -0.103. The average molecular weight is 447 g/mol. The number of aromatic nitrogens is 2. The van der Waals surface area contributed by atoms with Crippen molar-refractivity contribution >= 4 is 32.4 Å². The van der Waals surface area contributed by atoms with Gasteiger partial charge in [-0.3, -0.25) is 4.79 Å². The van der Waals surface area contributed by atoms with Gasteiger partial charge in [-0.05, 0) is 26.7 Å². The summed E-state index contributed by atoms with van der Waals surface area (Å²) in [6, 6.07) is 9.76. The predicted octanol–water partition coefficient (Wildman–Crippen LogP) is 3.45. The van der Waals surface area contributed by atoms with E-state index < -0.39 is 10.0 Å². The Morgan fingerprint density at radius 3 is 2.53 bits per heavy atom. The molecule has 0 spiro atoms. The molecule has 4 rings (SSSR count). The second kappa shape index (κ2) is 8.29. The Morgan fingerprint density at radius 2 is 1.90 bits per heavy atom. The molecule has 1 fully saturated rings. The van der Waals surface area contributed by atoms with Gasteiger partial charge in [0, 0.05) is 30.0 Å². The first-order valence-electron chi connectivity index (χ1n) is 9.61. The maximum atomic E-state index is 12.9. The number of sulfonamides is 1. The van der Waals surface area contributed by atoms with Gasteiger partial charge >= 0.3 is 0 Å². The Balaban J connectivity index is 1.38. The lowest BCUT2D eigenvalue weighted by Gasteiger charge is -2.30. The normalized spacial score (nSPS) is 15.9. The Labute approximate surface area is 179 Å². The molecule has 0 atom stereocenters. The van der Waals surface area contributed by atoms with Crippen LogP contribution in [0.4, 0.5) is 5.13 Å². The number of amides is 1. The van der Waals surface area contributed by atoms with E-state index in [1.165, 1.54) is 15.6 Å². The highest BCUT2D eigenvalue weighted by Crippen LogP contribution is 2.29. The van der Waals surface area contributed by atoms with Gasteiger partial charge in [0.25, 0.3) is 0 Å². The van der Waals surface area contributed by atoms with Crippen LogP contribution in [0.15, 0.2) is 45.1 Å². The number of carbonyl (C=O) groups is 1. The van der Waals surface area contributed by atoms with Crippen molar-refractivity contribution in [1.29, 1.82) is 0 Å². The minimum Gasteiger partial charge on any atom is -0.360 e. The third-order valence-electron chi connectivity index (χ3n) is 5.19. The SMILES string of the molecule is Cc1noc(C)c1S(=O)(=O)N1CCC(C(=O)Nc2nc(-c3ccccc3)cs2)CC1. The van der Waals surface area contributed by atoms with Crippen LogP contribution in [0.2, 0.25) is 0 Å². The summed E-state index contributed by atoms with van der Waals surface area (Å²) in [4.78, 5) is 17.3. The molecule has 1 aliphatic heterocycles. The van der Waals surface area contributed by atoms with Crippen molar-refractivity contribution in [2.75, 3.05) is 18.4 Å². The Kier molecular flexibility index (Phi) is 5.72. The molecule has 0 radical (unpaired) electrons. The van der Waals surface area contributed by atoms with Crippen LogP contribution in [0.1, 0.15) is 24.3 Å². The smallest absolute Gasteiger partial charge is 0.248 e. The van der Waals surface area contributed by atoms with E-state index in [1.54, 1.807) is 13.8 Å². The van der Waals surface area contributed by atoms with Crippen molar-refractivity contribution < 1.29 is 17.7 Å². The number of piperidine rings is 1. The molecule has 0 unspecified atom stereocenters. The molecular formula is C20H22N4O4S2. The van der Waals surface area contributed by atoms with Crippen molar-refractivity contribution in [2.24, 2.45) is 5.92 Å². The van der Waals surface area contributed by atoms with E-state index in [-0.39, 0.29) is 35.6 Å². The zero-order valence-electron chi connectivity index (χ0n) is 16.7. The van der Waals surface area contributed by atoms with Crippen LogP contribution < -0.4 is 5.32 Å². The number of nitrogens with one attached hydrogen (secondary N) is 1. The molecule has 1 saturated heterocycles. The molecule has 30 heavy (non-hydrogen) atoms. The summed E-state index contributed by atoms with van der Waals surface area (Å²) in [5, 5.41) is 9.07. The quantitative estimate of drug-likeness (QED) is 0.643. The summed E-state index contributed by atoms with van der Waals surface area (Å²) in [6.45, 7) is 3.75. The fourth-order valence-corrected chi connectivity index (χ4v) is 6.09. The zero-order chi connectivity index (χ0) is 21.3. The van der Waals surface area contributed by atoms with Gasteiger partial charge in [-0.15, -0.1) is 11.3 Å². The lowest BCUT2D eigenvalue weighted by atomic mass is 9.97. The highest BCUT2D eigenvalue weighted by molar-refractivity contribution is 7.89. The van der Waals surface area contributed by atoms with Gasteiger partial charge in [0.05, 0.1) is 5.69 Å². The average Bonchev–Trinajstić information content (AvgIpc) is 3.35. The molecule has 0 bridgehead atoms. The Bertz CT molecular complexity index is 1130. The van der Waals surface area contributed by atoms with E-state index in [9.17, 15) is 13.2 Å². The van der Waals surface area contributed by atoms with Gasteiger partial charge in [-0.2, -0.15) is 4.31 Å². The topological polar surface area (TPSA) is 105 Å². The lowest BCUT2D eigenvalue weighted by Crippen LogP contribution is -2.41. The number of benzene rings is 1. The van der Waals surface area contributed by atoms with Crippen LogP contribution in [-0.4, -0.2) is 41.9 Å². The second-order valence-corrected chi connectivity index (χ2v) is 9.96. The predicted molar refractivity (Wildman–Crippen MR) is 114 cm³/mol.